The fraction of sp³-hybridized carbons (Fsp3) is 0.345. The Morgan fingerprint density at radius 1 is 0.970 bits per heavy atom. The third-order valence-corrected chi connectivity index (χ3v) is 6.75. The van der Waals surface area contributed by atoms with Crippen LogP contribution in [-0.4, -0.2) is 30.6 Å². The summed E-state index contributed by atoms with van der Waals surface area (Å²) in [6, 6.07) is 25.7. The van der Waals surface area contributed by atoms with Gasteiger partial charge in [-0.15, -0.1) is 0 Å². The van der Waals surface area contributed by atoms with Crippen LogP contribution in [0.3, 0.4) is 0 Å². The molecule has 1 atom stereocenters. The van der Waals surface area contributed by atoms with Crippen LogP contribution in [0.5, 0.6) is 5.75 Å². The maximum Gasteiger partial charge on any atom is 0.162 e. The molecule has 0 aromatic heterocycles. The minimum absolute atomic E-state index is 0.0400. The Labute approximate surface area is 196 Å². The Hall–Kier alpha value is -3.11. The summed E-state index contributed by atoms with van der Waals surface area (Å²) in [5.74, 6) is 0.940. The molecule has 0 amide bonds. The molecule has 0 radical (unpaired) electrons. The Morgan fingerprint density at radius 3 is 2.36 bits per heavy atom. The third kappa shape index (κ3) is 4.67. The fourth-order valence-electron chi connectivity index (χ4n) is 5.00. The smallest absolute Gasteiger partial charge is 0.162 e. The van der Waals surface area contributed by atoms with Crippen molar-refractivity contribution in [3.8, 4) is 5.75 Å². The van der Waals surface area contributed by atoms with Gasteiger partial charge in [0.1, 0.15) is 11.4 Å². The summed E-state index contributed by atoms with van der Waals surface area (Å²) in [5, 5.41) is 12.3. The van der Waals surface area contributed by atoms with Crippen LogP contribution in [0, 0.1) is 5.92 Å². The van der Waals surface area contributed by atoms with E-state index in [1.54, 1.807) is 0 Å². The molecule has 33 heavy (non-hydrogen) atoms. The molecular formula is C29H33NO3. The quantitative estimate of drug-likeness (QED) is 0.445. The third-order valence-electron chi connectivity index (χ3n) is 6.75. The largest absolute Gasteiger partial charge is 0.493 e. The molecule has 0 aliphatic carbocycles. The number of benzene rings is 3. The van der Waals surface area contributed by atoms with Crippen molar-refractivity contribution in [1.29, 1.82) is 0 Å². The first-order chi connectivity index (χ1) is 16.1. The van der Waals surface area contributed by atoms with E-state index in [0.717, 1.165) is 54.1 Å². The summed E-state index contributed by atoms with van der Waals surface area (Å²) < 4.78 is 5.93. The maximum atomic E-state index is 12.3. The van der Waals surface area contributed by atoms with E-state index in [-0.39, 0.29) is 11.7 Å². The summed E-state index contributed by atoms with van der Waals surface area (Å²) in [6.45, 7) is 6.05. The lowest BCUT2D eigenvalue weighted by Crippen LogP contribution is -2.44. The average Bonchev–Trinajstić information content (AvgIpc) is 2.89. The topological polar surface area (TPSA) is 49.8 Å². The highest BCUT2D eigenvalue weighted by Crippen LogP contribution is 2.45. The van der Waals surface area contributed by atoms with Gasteiger partial charge in [-0.05, 0) is 49.4 Å². The van der Waals surface area contributed by atoms with Gasteiger partial charge in [0, 0.05) is 36.3 Å². The number of nitrogens with zero attached hydrogens (tertiary/aromatic N) is 1. The van der Waals surface area contributed by atoms with Gasteiger partial charge in [-0.1, -0.05) is 67.6 Å². The second-order valence-corrected chi connectivity index (χ2v) is 8.65. The van der Waals surface area contributed by atoms with Gasteiger partial charge < -0.3 is 14.7 Å². The molecule has 1 heterocycles. The van der Waals surface area contributed by atoms with Crippen LogP contribution in [0.1, 0.15) is 54.6 Å². The molecule has 4 nitrogen and oxygen atoms in total. The number of rotatable bonds is 8. The number of anilines is 1. The summed E-state index contributed by atoms with van der Waals surface area (Å²) in [4.78, 5) is 14.5. The number of para-hydroxylation sites is 1. The number of ether oxygens (including phenoxy) is 1. The van der Waals surface area contributed by atoms with Gasteiger partial charge in [-0.2, -0.15) is 0 Å². The first-order valence-corrected chi connectivity index (χ1v) is 12.0. The van der Waals surface area contributed by atoms with Crippen molar-refractivity contribution in [2.75, 3.05) is 24.6 Å². The number of Topliss-reactive ketones (excluding diaryl/α,β-unsaturated/α-hetero) is 1. The van der Waals surface area contributed by atoms with E-state index in [4.69, 9.17) is 4.74 Å². The minimum Gasteiger partial charge on any atom is -0.493 e. The van der Waals surface area contributed by atoms with Gasteiger partial charge in [0.2, 0.25) is 0 Å². The SMILES string of the molecule is CCOc1ccccc1C(O)(c1ccccc1)C1CCN(c2cccc(C(=O)CC)c2)CC1. The highest BCUT2D eigenvalue weighted by molar-refractivity contribution is 5.96. The Kier molecular flexibility index (Phi) is 7.14. The molecule has 0 saturated carbocycles. The molecule has 0 spiro atoms. The van der Waals surface area contributed by atoms with Crippen LogP contribution >= 0.6 is 0 Å². The van der Waals surface area contributed by atoms with Crippen molar-refractivity contribution in [2.45, 2.75) is 38.7 Å². The first kappa shape index (κ1) is 23.1. The zero-order chi connectivity index (χ0) is 23.3. The van der Waals surface area contributed by atoms with Crippen LogP contribution in [0.25, 0.3) is 0 Å². The predicted molar refractivity (Wildman–Crippen MR) is 133 cm³/mol. The van der Waals surface area contributed by atoms with E-state index in [0.29, 0.717) is 13.0 Å². The van der Waals surface area contributed by atoms with Gasteiger partial charge in [0.25, 0.3) is 0 Å². The van der Waals surface area contributed by atoms with Crippen molar-refractivity contribution in [2.24, 2.45) is 5.92 Å². The summed E-state index contributed by atoms with van der Waals surface area (Å²) in [5.41, 5.74) is 2.42. The van der Waals surface area contributed by atoms with Crippen molar-refractivity contribution in [3.63, 3.8) is 0 Å². The number of ketones is 1. The fourth-order valence-corrected chi connectivity index (χ4v) is 5.00. The highest BCUT2D eigenvalue weighted by atomic mass is 16.5. The van der Waals surface area contributed by atoms with Gasteiger partial charge >= 0.3 is 0 Å². The molecule has 172 valence electrons. The summed E-state index contributed by atoms with van der Waals surface area (Å²) in [7, 11) is 0. The number of piperidine rings is 1. The Balaban J connectivity index is 1.63. The standard InChI is InChI=1S/C29H33NO3/c1-3-27(31)22-11-10-14-25(21-22)30-19-17-24(18-20-30)29(32,23-12-6-5-7-13-23)26-15-8-9-16-28(26)33-4-2/h5-16,21,24,32H,3-4,17-20H2,1-2H3. The number of carbonyl (C=O) groups is 1. The van der Waals surface area contributed by atoms with Gasteiger partial charge in [-0.25, -0.2) is 0 Å². The molecular weight excluding hydrogens is 410 g/mol. The van der Waals surface area contributed by atoms with Crippen LogP contribution in [0.15, 0.2) is 78.9 Å². The van der Waals surface area contributed by atoms with Crippen molar-refractivity contribution < 1.29 is 14.6 Å². The van der Waals surface area contributed by atoms with Crippen LogP contribution in [0.4, 0.5) is 5.69 Å². The molecule has 3 aromatic rings. The lowest BCUT2D eigenvalue weighted by molar-refractivity contribution is 0.00279. The zero-order valence-electron chi connectivity index (χ0n) is 19.5. The molecule has 3 aromatic carbocycles. The van der Waals surface area contributed by atoms with Gasteiger partial charge in [0.05, 0.1) is 6.61 Å². The van der Waals surface area contributed by atoms with Crippen molar-refractivity contribution in [3.05, 3.63) is 95.6 Å². The highest BCUT2D eigenvalue weighted by Gasteiger charge is 2.43. The van der Waals surface area contributed by atoms with Gasteiger partial charge in [0.15, 0.2) is 5.78 Å². The van der Waals surface area contributed by atoms with Gasteiger partial charge in [-0.3, -0.25) is 4.79 Å². The van der Waals surface area contributed by atoms with E-state index in [9.17, 15) is 9.90 Å². The second kappa shape index (κ2) is 10.2. The lowest BCUT2D eigenvalue weighted by atomic mass is 9.71. The predicted octanol–water partition coefficient (Wildman–Crippen LogP) is 5.83. The van der Waals surface area contributed by atoms with E-state index in [2.05, 4.69) is 11.0 Å². The van der Waals surface area contributed by atoms with Crippen molar-refractivity contribution >= 4 is 11.5 Å². The zero-order valence-corrected chi connectivity index (χ0v) is 19.5. The minimum atomic E-state index is -1.14. The molecule has 1 saturated heterocycles. The summed E-state index contributed by atoms with van der Waals surface area (Å²) >= 11 is 0. The average molecular weight is 444 g/mol. The molecule has 1 aliphatic rings. The van der Waals surface area contributed by atoms with Crippen LogP contribution in [0.2, 0.25) is 0 Å². The normalized spacial score (nSPS) is 16.3. The number of hydrogen-bond donors (Lipinski definition) is 1. The molecule has 1 aliphatic heterocycles. The van der Waals surface area contributed by atoms with E-state index in [1.165, 1.54) is 0 Å². The van der Waals surface area contributed by atoms with Crippen molar-refractivity contribution in [1.82, 2.24) is 0 Å². The van der Waals surface area contributed by atoms with Crippen LogP contribution < -0.4 is 9.64 Å². The molecule has 1 unspecified atom stereocenters. The molecule has 1 fully saturated rings. The Morgan fingerprint density at radius 2 is 1.67 bits per heavy atom. The Bertz CT molecular complexity index is 1070. The molecule has 1 N–H and O–H groups in total. The maximum absolute atomic E-state index is 12.3. The number of carbonyl (C=O) groups excluding carboxylic acids is 1. The lowest BCUT2D eigenvalue weighted by Gasteiger charge is -2.43. The molecule has 4 rings (SSSR count). The van der Waals surface area contributed by atoms with E-state index in [1.807, 2.05) is 86.6 Å². The number of aliphatic hydroxyl groups is 1. The summed E-state index contributed by atoms with van der Waals surface area (Å²) in [6.07, 6.45) is 2.17. The molecule has 0 bridgehead atoms. The number of hydrogen-bond acceptors (Lipinski definition) is 4. The van der Waals surface area contributed by atoms with Crippen LogP contribution in [-0.2, 0) is 5.60 Å². The monoisotopic (exact) mass is 443 g/mol. The van der Waals surface area contributed by atoms with E-state index >= 15 is 0 Å². The van der Waals surface area contributed by atoms with E-state index < -0.39 is 5.60 Å². The second-order valence-electron chi connectivity index (χ2n) is 8.65. The first-order valence-electron chi connectivity index (χ1n) is 12.0. The molecule has 4 heteroatoms.